The molecule has 1 N–H and O–H groups in total. The Hall–Kier alpha value is -3.52. The Balaban J connectivity index is 1.94. The normalized spacial score (nSPS) is 12.2. The van der Waals surface area contributed by atoms with Gasteiger partial charge < -0.3 is 14.5 Å². The molecule has 3 aromatic carbocycles. The van der Waals surface area contributed by atoms with Gasteiger partial charge in [-0.15, -0.1) is 0 Å². The summed E-state index contributed by atoms with van der Waals surface area (Å²) in [5.74, 6) is 0.681. The zero-order valence-electron chi connectivity index (χ0n) is 23.1. The highest BCUT2D eigenvalue weighted by atomic mass is 32.2. The lowest BCUT2D eigenvalue weighted by Gasteiger charge is -2.30. The first kappa shape index (κ1) is 29.0. The molecule has 0 saturated carbocycles. The van der Waals surface area contributed by atoms with Crippen molar-refractivity contribution in [2.45, 2.75) is 44.6 Å². The molecule has 0 aliphatic carbocycles. The van der Waals surface area contributed by atoms with Crippen LogP contribution in [0.2, 0.25) is 0 Å². The predicted octanol–water partition coefficient (Wildman–Crippen LogP) is 5.74. The van der Waals surface area contributed by atoms with E-state index in [-0.39, 0.29) is 22.6 Å². The monoisotopic (exact) mass is 537 g/mol. The number of carbonyl (C=O) groups is 1. The molecule has 38 heavy (non-hydrogen) atoms. The van der Waals surface area contributed by atoms with Crippen LogP contribution >= 0.6 is 0 Å². The molecule has 0 radical (unpaired) electrons. The molecule has 3 rings (SSSR count). The summed E-state index contributed by atoms with van der Waals surface area (Å²) in [6, 6.07) is 21.6. The first-order valence-corrected chi connectivity index (χ1v) is 14.3. The molecule has 0 bridgehead atoms. The Morgan fingerprint density at radius 3 is 2.18 bits per heavy atom. The molecule has 0 aliphatic heterocycles. The molecule has 0 spiro atoms. The van der Waals surface area contributed by atoms with E-state index in [1.165, 1.54) is 19.2 Å². The lowest BCUT2D eigenvalue weighted by Crippen LogP contribution is -2.37. The van der Waals surface area contributed by atoms with Crippen LogP contribution in [0.1, 0.15) is 44.2 Å². The fourth-order valence-electron chi connectivity index (χ4n) is 4.52. The van der Waals surface area contributed by atoms with E-state index in [4.69, 9.17) is 4.74 Å². The van der Waals surface area contributed by atoms with E-state index in [9.17, 15) is 13.2 Å². The number of benzene rings is 3. The van der Waals surface area contributed by atoms with Crippen LogP contribution in [0.25, 0.3) is 0 Å². The van der Waals surface area contributed by atoms with Crippen LogP contribution < -0.4 is 14.4 Å². The minimum absolute atomic E-state index is 0.0707. The molecule has 0 unspecified atom stereocenters. The molecule has 0 heterocycles. The summed E-state index contributed by atoms with van der Waals surface area (Å²) in [5, 5.41) is 0. The zero-order valence-corrected chi connectivity index (χ0v) is 24.0. The Bertz CT molecular complexity index is 1310. The van der Waals surface area contributed by atoms with Crippen molar-refractivity contribution in [2.24, 2.45) is 5.92 Å². The summed E-state index contributed by atoms with van der Waals surface area (Å²) in [6.07, 6.45) is 0.694. The molecular formula is C30H39N3O4S. The number of sulfonamides is 1. The third kappa shape index (κ3) is 7.28. The molecule has 8 heteroatoms. The highest BCUT2D eigenvalue weighted by molar-refractivity contribution is 7.92. The minimum atomic E-state index is -3.81. The molecular weight excluding hydrogens is 498 g/mol. The van der Waals surface area contributed by atoms with Crippen LogP contribution in [-0.4, -0.2) is 47.0 Å². The number of hydrogen-bond donors (Lipinski definition) is 1. The maximum absolute atomic E-state index is 13.8. The van der Waals surface area contributed by atoms with Crippen LogP contribution in [0, 0.1) is 5.92 Å². The minimum Gasteiger partial charge on any atom is -0.497 e. The molecule has 204 valence electrons. The number of carbonyl (C=O) groups excluding carboxylic acids is 1. The lowest BCUT2D eigenvalue weighted by atomic mass is 9.94. The average molecular weight is 538 g/mol. The number of nitrogens with zero attached hydrogens (tertiary/aromatic N) is 2. The number of amides is 1. The number of ether oxygens (including phenoxy) is 1. The highest BCUT2D eigenvalue weighted by Crippen LogP contribution is 2.29. The van der Waals surface area contributed by atoms with E-state index in [0.717, 1.165) is 16.8 Å². The van der Waals surface area contributed by atoms with Crippen molar-refractivity contribution in [1.82, 2.24) is 4.90 Å². The smallest absolute Gasteiger partial charge is 0.261 e. The highest BCUT2D eigenvalue weighted by Gasteiger charge is 2.26. The fourth-order valence-corrected chi connectivity index (χ4v) is 5.57. The predicted molar refractivity (Wildman–Crippen MR) is 154 cm³/mol. The summed E-state index contributed by atoms with van der Waals surface area (Å²) < 4.78 is 34.0. The van der Waals surface area contributed by atoms with Gasteiger partial charge in [-0.1, -0.05) is 51.1 Å². The number of methoxy groups -OCH3 is 1. The van der Waals surface area contributed by atoms with Crippen molar-refractivity contribution in [3.63, 3.8) is 0 Å². The zero-order chi connectivity index (χ0) is 27.9. The van der Waals surface area contributed by atoms with Gasteiger partial charge in [0.1, 0.15) is 5.75 Å². The second-order valence-electron chi connectivity index (χ2n) is 10.0. The SMILES string of the molecule is CC[C@@H](C(=O)N(Cc1cc(NS(=O)(=O)c2ccc(OC)cc2)ccc1N(C)C)CC(C)C)c1ccccc1. The van der Waals surface area contributed by atoms with E-state index in [1.54, 1.807) is 18.2 Å². The van der Waals surface area contributed by atoms with Crippen LogP contribution in [0.4, 0.5) is 11.4 Å². The van der Waals surface area contributed by atoms with Crippen molar-refractivity contribution < 1.29 is 17.9 Å². The van der Waals surface area contributed by atoms with Crippen LogP contribution in [0.3, 0.4) is 0 Å². The van der Waals surface area contributed by atoms with Crippen molar-refractivity contribution in [1.29, 1.82) is 0 Å². The van der Waals surface area contributed by atoms with E-state index >= 15 is 0 Å². The summed E-state index contributed by atoms with van der Waals surface area (Å²) in [7, 11) is 1.60. The maximum Gasteiger partial charge on any atom is 0.261 e. The maximum atomic E-state index is 13.8. The van der Waals surface area contributed by atoms with E-state index in [0.29, 0.717) is 30.9 Å². The quantitative estimate of drug-likeness (QED) is 0.319. The first-order valence-electron chi connectivity index (χ1n) is 12.9. The van der Waals surface area contributed by atoms with Gasteiger partial charge in [0.25, 0.3) is 10.0 Å². The van der Waals surface area contributed by atoms with Gasteiger partial charge in [0, 0.05) is 38.6 Å². The number of anilines is 2. The molecule has 7 nitrogen and oxygen atoms in total. The van der Waals surface area contributed by atoms with Gasteiger partial charge in [-0.3, -0.25) is 9.52 Å². The second-order valence-corrected chi connectivity index (χ2v) is 11.7. The van der Waals surface area contributed by atoms with Gasteiger partial charge in [0.2, 0.25) is 5.91 Å². The van der Waals surface area contributed by atoms with E-state index in [2.05, 4.69) is 18.6 Å². The molecule has 1 amide bonds. The number of hydrogen-bond acceptors (Lipinski definition) is 5. The molecule has 0 aromatic heterocycles. The van der Waals surface area contributed by atoms with Crippen LogP contribution in [-0.2, 0) is 21.4 Å². The van der Waals surface area contributed by atoms with Crippen molar-refractivity contribution in [2.75, 3.05) is 37.4 Å². The third-order valence-corrected chi connectivity index (χ3v) is 7.75. The van der Waals surface area contributed by atoms with Gasteiger partial charge in [-0.05, 0) is 65.9 Å². The molecule has 0 fully saturated rings. The fraction of sp³-hybridized carbons (Fsp3) is 0.367. The Morgan fingerprint density at radius 1 is 0.974 bits per heavy atom. The van der Waals surface area contributed by atoms with Crippen molar-refractivity contribution in [3.8, 4) is 5.75 Å². The van der Waals surface area contributed by atoms with Crippen molar-refractivity contribution >= 4 is 27.3 Å². The molecule has 3 aromatic rings. The Morgan fingerprint density at radius 2 is 1.63 bits per heavy atom. The Labute approximate surface area is 227 Å². The molecule has 0 saturated heterocycles. The third-order valence-electron chi connectivity index (χ3n) is 6.35. The average Bonchev–Trinajstić information content (AvgIpc) is 2.89. The van der Waals surface area contributed by atoms with Crippen molar-refractivity contribution in [3.05, 3.63) is 83.9 Å². The summed E-state index contributed by atoms with van der Waals surface area (Å²) in [6.45, 7) is 7.18. The summed E-state index contributed by atoms with van der Waals surface area (Å²) >= 11 is 0. The van der Waals surface area contributed by atoms with E-state index < -0.39 is 10.0 Å². The Kier molecular flexibility index (Phi) is 9.80. The van der Waals surface area contributed by atoms with Gasteiger partial charge in [-0.2, -0.15) is 0 Å². The van der Waals surface area contributed by atoms with E-state index in [1.807, 2.05) is 73.3 Å². The van der Waals surface area contributed by atoms with Gasteiger partial charge in [-0.25, -0.2) is 8.42 Å². The first-order chi connectivity index (χ1) is 18.1. The summed E-state index contributed by atoms with van der Waals surface area (Å²) in [4.78, 5) is 17.9. The standard InChI is InChI=1S/C30H39N3O4S/c1-7-28(23-11-9-8-10-12-23)30(34)33(20-22(2)3)21-24-19-25(13-18-29(24)32(4)5)31-38(35,36)27-16-14-26(37-6)15-17-27/h8-19,22,28,31H,7,20-21H2,1-6H3/t28-/m1/s1. The molecule has 0 aliphatic rings. The lowest BCUT2D eigenvalue weighted by molar-refractivity contribution is -0.134. The van der Waals surface area contributed by atoms with Crippen LogP contribution in [0.15, 0.2) is 77.7 Å². The topological polar surface area (TPSA) is 79.0 Å². The number of nitrogens with one attached hydrogen (secondary N) is 1. The molecule has 1 atom stereocenters. The van der Waals surface area contributed by atoms with Gasteiger partial charge in [0.05, 0.1) is 17.9 Å². The van der Waals surface area contributed by atoms with Crippen LogP contribution in [0.5, 0.6) is 5.75 Å². The summed E-state index contributed by atoms with van der Waals surface area (Å²) in [5.41, 5.74) is 3.23. The second kappa shape index (κ2) is 12.8. The largest absolute Gasteiger partial charge is 0.497 e. The van der Waals surface area contributed by atoms with Gasteiger partial charge >= 0.3 is 0 Å². The number of rotatable bonds is 12. The van der Waals surface area contributed by atoms with Gasteiger partial charge in [0.15, 0.2) is 0 Å².